The Balaban J connectivity index is 2.69. The Morgan fingerprint density at radius 2 is 1.84 bits per heavy atom. The summed E-state index contributed by atoms with van der Waals surface area (Å²) in [6, 6.07) is 0. The molecule has 0 aliphatic rings. The molecule has 1 N–H and O–H groups in total. The van der Waals surface area contributed by atoms with Crippen molar-refractivity contribution in [1.29, 1.82) is 0 Å². The fraction of sp³-hybridized carbons (Fsp3) is 0.769. The van der Waals surface area contributed by atoms with Gasteiger partial charge in [0.2, 0.25) is 0 Å². The first-order chi connectivity index (χ1) is 8.61. The fourth-order valence-electron chi connectivity index (χ4n) is 1.55. The monoisotopic (exact) mass is 294 g/mol. The maximum absolute atomic E-state index is 12.2. The molecule has 0 fully saturated rings. The van der Waals surface area contributed by atoms with E-state index in [2.05, 4.69) is 31.1 Å². The Hall–Kier alpha value is -0.620. The summed E-state index contributed by atoms with van der Waals surface area (Å²) in [5.74, 6) is 0. The van der Waals surface area contributed by atoms with Crippen LogP contribution in [0.15, 0.2) is 0 Å². The minimum absolute atomic E-state index is 0.0128. The normalized spacial score (nSPS) is 13.0. The van der Waals surface area contributed by atoms with Crippen molar-refractivity contribution >= 4 is 11.3 Å². The second-order valence-corrected chi connectivity index (χ2v) is 6.72. The van der Waals surface area contributed by atoms with Crippen molar-refractivity contribution in [3.63, 3.8) is 0 Å². The van der Waals surface area contributed by atoms with E-state index in [-0.39, 0.29) is 12.0 Å². The molecule has 0 aliphatic carbocycles. The van der Waals surface area contributed by atoms with Crippen molar-refractivity contribution in [3.8, 4) is 0 Å². The summed E-state index contributed by atoms with van der Waals surface area (Å²) >= 11 is 1.39. The number of aryl methyl sites for hydroxylation is 2. The largest absolute Gasteiger partial charge is 0.389 e. The van der Waals surface area contributed by atoms with Crippen LogP contribution in [0.5, 0.6) is 0 Å². The Morgan fingerprint density at radius 3 is 2.32 bits per heavy atom. The van der Waals surface area contributed by atoms with Crippen LogP contribution in [-0.2, 0) is 19.4 Å². The third-order valence-electron chi connectivity index (χ3n) is 2.56. The summed E-state index contributed by atoms with van der Waals surface area (Å²) in [7, 11) is 0. The predicted molar refractivity (Wildman–Crippen MR) is 72.5 cm³/mol. The minimum atomic E-state index is -4.11. The number of rotatable bonds is 5. The number of thiazole rings is 1. The van der Waals surface area contributed by atoms with Gasteiger partial charge in [-0.15, -0.1) is 11.3 Å². The molecule has 0 unspecified atom stereocenters. The molecule has 0 aliphatic heterocycles. The molecule has 19 heavy (non-hydrogen) atoms. The van der Waals surface area contributed by atoms with Gasteiger partial charge in [0.15, 0.2) is 0 Å². The molecule has 6 heteroatoms. The van der Waals surface area contributed by atoms with Crippen LogP contribution in [0.25, 0.3) is 0 Å². The van der Waals surface area contributed by atoms with Gasteiger partial charge in [-0.05, 0) is 27.2 Å². The van der Waals surface area contributed by atoms with Crippen molar-refractivity contribution < 1.29 is 13.2 Å². The molecular weight excluding hydrogens is 273 g/mol. The zero-order valence-corrected chi connectivity index (χ0v) is 12.6. The Labute approximate surface area is 116 Å². The Bertz CT molecular complexity index is 405. The number of halogens is 3. The van der Waals surface area contributed by atoms with E-state index in [1.165, 1.54) is 11.3 Å². The molecule has 1 aromatic rings. The molecular formula is C13H21F3N2S. The zero-order chi connectivity index (χ0) is 14.7. The lowest BCUT2D eigenvalue weighted by Gasteiger charge is -2.20. The highest BCUT2D eigenvalue weighted by atomic mass is 32.1. The molecule has 1 heterocycles. The molecule has 0 spiro atoms. The molecule has 1 aromatic heterocycles. The summed E-state index contributed by atoms with van der Waals surface area (Å²) in [6.07, 6.45) is -4.17. The Morgan fingerprint density at radius 1 is 1.21 bits per heavy atom. The van der Waals surface area contributed by atoms with E-state index in [1.807, 2.05) is 6.92 Å². The standard InChI is InChI=1S/C13H21F3N2S/c1-5-9-10(8-17-12(2,3)4)19-11(18-9)6-7-13(14,15)16/h17H,5-8H2,1-4H3. The SMILES string of the molecule is CCc1nc(CCC(F)(F)F)sc1CNC(C)(C)C. The molecule has 0 bridgehead atoms. The second kappa shape index (κ2) is 6.22. The van der Waals surface area contributed by atoms with Gasteiger partial charge in [0.1, 0.15) is 0 Å². The van der Waals surface area contributed by atoms with Crippen molar-refractivity contribution in [2.24, 2.45) is 0 Å². The van der Waals surface area contributed by atoms with Crippen LogP contribution in [0.2, 0.25) is 0 Å². The van der Waals surface area contributed by atoms with Crippen LogP contribution in [0.3, 0.4) is 0 Å². The van der Waals surface area contributed by atoms with Crippen LogP contribution in [0, 0.1) is 0 Å². The van der Waals surface area contributed by atoms with Crippen LogP contribution < -0.4 is 5.32 Å². The number of nitrogens with zero attached hydrogens (tertiary/aromatic N) is 1. The third kappa shape index (κ3) is 6.38. The van der Waals surface area contributed by atoms with Crippen LogP contribution in [0.1, 0.15) is 49.7 Å². The average Bonchev–Trinajstić information content (AvgIpc) is 2.64. The van der Waals surface area contributed by atoms with Crippen LogP contribution in [-0.4, -0.2) is 16.7 Å². The first-order valence-electron chi connectivity index (χ1n) is 6.40. The van der Waals surface area contributed by atoms with Crippen LogP contribution >= 0.6 is 11.3 Å². The van der Waals surface area contributed by atoms with Gasteiger partial charge in [0.05, 0.1) is 10.7 Å². The van der Waals surface area contributed by atoms with E-state index in [0.29, 0.717) is 11.6 Å². The maximum Gasteiger partial charge on any atom is 0.389 e. The minimum Gasteiger partial charge on any atom is -0.307 e. The van der Waals surface area contributed by atoms with Gasteiger partial charge in [-0.2, -0.15) is 13.2 Å². The van der Waals surface area contributed by atoms with Crippen LogP contribution in [0.4, 0.5) is 13.2 Å². The second-order valence-electron chi connectivity index (χ2n) is 5.55. The lowest BCUT2D eigenvalue weighted by Crippen LogP contribution is -2.35. The first-order valence-corrected chi connectivity index (χ1v) is 7.21. The summed E-state index contributed by atoms with van der Waals surface area (Å²) < 4.78 is 36.6. The van der Waals surface area contributed by atoms with E-state index < -0.39 is 12.6 Å². The van der Waals surface area contributed by atoms with Gasteiger partial charge in [-0.1, -0.05) is 6.92 Å². The summed E-state index contributed by atoms with van der Waals surface area (Å²) in [4.78, 5) is 5.36. The van der Waals surface area contributed by atoms with E-state index in [4.69, 9.17) is 0 Å². The molecule has 0 aromatic carbocycles. The number of aromatic nitrogens is 1. The van der Waals surface area contributed by atoms with E-state index >= 15 is 0 Å². The number of alkyl halides is 3. The highest BCUT2D eigenvalue weighted by molar-refractivity contribution is 7.11. The highest BCUT2D eigenvalue weighted by Gasteiger charge is 2.27. The molecule has 0 saturated heterocycles. The van der Waals surface area contributed by atoms with E-state index in [9.17, 15) is 13.2 Å². The van der Waals surface area contributed by atoms with Gasteiger partial charge in [0, 0.05) is 29.8 Å². The van der Waals surface area contributed by atoms with Gasteiger partial charge in [-0.25, -0.2) is 4.98 Å². The number of hydrogen-bond acceptors (Lipinski definition) is 3. The molecule has 1 rings (SSSR count). The molecule has 0 saturated carbocycles. The molecule has 2 nitrogen and oxygen atoms in total. The zero-order valence-electron chi connectivity index (χ0n) is 11.8. The van der Waals surface area contributed by atoms with Crippen molar-refractivity contribution in [2.45, 2.75) is 65.2 Å². The Kier molecular flexibility index (Phi) is 5.38. The number of hydrogen-bond donors (Lipinski definition) is 1. The van der Waals surface area contributed by atoms with Crippen molar-refractivity contribution in [3.05, 3.63) is 15.6 Å². The van der Waals surface area contributed by atoms with Crippen molar-refractivity contribution in [1.82, 2.24) is 10.3 Å². The summed E-state index contributed by atoms with van der Waals surface area (Å²) in [6.45, 7) is 8.82. The van der Waals surface area contributed by atoms with Crippen molar-refractivity contribution in [2.75, 3.05) is 0 Å². The quantitative estimate of drug-likeness (QED) is 0.885. The smallest absolute Gasteiger partial charge is 0.307 e. The van der Waals surface area contributed by atoms with E-state index in [1.54, 1.807) is 0 Å². The highest BCUT2D eigenvalue weighted by Crippen LogP contribution is 2.26. The molecule has 0 atom stereocenters. The maximum atomic E-state index is 12.2. The average molecular weight is 294 g/mol. The van der Waals surface area contributed by atoms with Gasteiger partial charge < -0.3 is 5.32 Å². The van der Waals surface area contributed by atoms with Gasteiger partial charge >= 0.3 is 6.18 Å². The van der Waals surface area contributed by atoms with E-state index in [0.717, 1.165) is 17.0 Å². The van der Waals surface area contributed by atoms with Gasteiger partial charge in [0.25, 0.3) is 0 Å². The molecule has 110 valence electrons. The van der Waals surface area contributed by atoms with Gasteiger partial charge in [-0.3, -0.25) is 0 Å². The lowest BCUT2D eigenvalue weighted by molar-refractivity contribution is -0.134. The fourth-order valence-corrected chi connectivity index (χ4v) is 2.65. The summed E-state index contributed by atoms with van der Waals surface area (Å²) in [5.41, 5.74) is 0.903. The lowest BCUT2D eigenvalue weighted by atomic mass is 10.1. The number of nitrogens with one attached hydrogen (secondary N) is 1. The predicted octanol–water partition coefficient (Wildman–Crippen LogP) is 4.09. The topological polar surface area (TPSA) is 24.9 Å². The molecule has 0 radical (unpaired) electrons. The molecule has 0 amide bonds. The third-order valence-corrected chi connectivity index (χ3v) is 3.72. The summed E-state index contributed by atoms with van der Waals surface area (Å²) in [5, 5.41) is 3.93. The first kappa shape index (κ1) is 16.4.